The van der Waals surface area contributed by atoms with Crippen molar-refractivity contribution in [1.82, 2.24) is 20.2 Å². The Balaban J connectivity index is 1.69. The second kappa shape index (κ2) is 6.67. The van der Waals surface area contributed by atoms with Crippen LogP contribution in [0, 0.1) is 5.82 Å². The highest BCUT2D eigenvalue weighted by molar-refractivity contribution is 9.10. The van der Waals surface area contributed by atoms with Crippen molar-refractivity contribution in [2.24, 2.45) is 0 Å². The fraction of sp³-hybridized carbons (Fsp3) is 0.154. The van der Waals surface area contributed by atoms with E-state index in [9.17, 15) is 4.39 Å². The van der Waals surface area contributed by atoms with Crippen molar-refractivity contribution in [1.29, 1.82) is 0 Å². The van der Waals surface area contributed by atoms with Gasteiger partial charge >= 0.3 is 0 Å². The zero-order valence-electron chi connectivity index (χ0n) is 10.7. The fourth-order valence-corrected chi connectivity index (χ4v) is 3.97. The molecule has 0 radical (unpaired) electrons. The average molecular weight is 385 g/mol. The van der Waals surface area contributed by atoms with E-state index >= 15 is 0 Å². The fourth-order valence-electron chi connectivity index (χ4n) is 1.73. The van der Waals surface area contributed by atoms with Gasteiger partial charge in [-0.1, -0.05) is 39.8 Å². The van der Waals surface area contributed by atoms with Crippen LogP contribution in [0.4, 0.5) is 4.39 Å². The second-order valence-corrected chi connectivity index (χ2v) is 7.05. The Hall–Kier alpha value is -1.25. The molecule has 8 heteroatoms. The maximum atomic E-state index is 13.1. The number of thiophene rings is 1. The van der Waals surface area contributed by atoms with Crippen LogP contribution in [0.5, 0.6) is 0 Å². The van der Waals surface area contributed by atoms with E-state index in [1.165, 1.54) is 28.8 Å². The molecule has 0 unspecified atom stereocenters. The lowest BCUT2D eigenvalue weighted by atomic mass is 10.2. The molecular formula is C13H10BrFN4S2. The third kappa shape index (κ3) is 3.69. The van der Waals surface area contributed by atoms with Crippen molar-refractivity contribution in [3.8, 4) is 0 Å². The van der Waals surface area contributed by atoms with E-state index in [2.05, 4.69) is 37.5 Å². The van der Waals surface area contributed by atoms with Crippen LogP contribution in [0.3, 0.4) is 0 Å². The van der Waals surface area contributed by atoms with Crippen molar-refractivity contribution < 1.29 is 4.39 Å². The van der Waals surface area contributed by atoms with E-state index in [0.717, 1.165) is 15.2 Å². The van der Waals surface area contributed by atoms with Gasteiger partial charge in [0.1, 0.15) is 5.82 Å². The van der Waals surface area contributed by atoms with Gasteiger partial charge in [-0.3, -0.25) is 0 Å². The van der Waals surface area contributed by atoms with Gasteiger partial charge in [0.2, 0.25) is 5.16 Å². The van der Waals surface area contributed by atoms with E-state index in [1.54, 1.807) is 22.1 Å². The Morgan fingerprint density at radius 1 is 1.33 bits per heavy atom. The molecule has 0 saturated carbocycles. The van der Waals surface area contributed by atoms with Crippen LogP contribution in [0.15, 0.2) is 45.3 Å². The summed E-state index contributed by atoms with van der Waals surface area (Å²) in [4.78, 5) is 1.20. The van der Waals surface area contributed by atoms with Gasteiger partial charge in [0.15, 0.2) is 0 Å². The van der Waals surface area contributed by atoms with Crippen LogP contribution in [0.2, 0.25) is 0 Å². The minimum Gasteiger partial charge on any atom is -0.215 e. The quantitative estimate of drug-likeness (QED) is 0.624. The van der Waals surface area contributed by atoms with Crippen molar-refractivity contribution in [2.45, 2.75) is 17.5 Å². The minimum absolute atomic E-state index is 0.252. The number of nitrogens with zero attached hydrogens (tertiary/aromatic N) is 4. The van der Waals surface area contributed by atoms with E-state index < -0.39 is 0 Å². The van der Waals surface area contributed by atoms with Crippen LogP contribution in [0.25, 0.3) is 0 Å². The first-order valence-corrected chi connectivity index (χ1v) is 8.73. The molecule has 0 spiro atoms. The Labute approximate surface area is 137 Å². The predicted molar refractivity (Wildman–Crippen MR) is 84.9 cm³/mol. The topological polar surface area (TPSA) is 43.6 Å². The molecule has 3 rings (SSSR count). The third-order valence-corrected chi connectivity index (χ3v) is 5.36. The first-order chi connectivity index (χ1) is 10.2. The van der Waals surface area contributed by atoms with Crippen molar-refractivity contribution in [3.63, 3.8) is 0 Å². The molecule has 3 aromatic rings. The molecule has 0 saturated heterocycles. The van der Waals surface area contributed by atoms with E-state index in [-0.39, 0.29) is 5.82 Å². The molecule has 4 nitrogen and oxygen atoms in total. The number of hydrogen-bond donors (Lipinski definition) is 0. The van der Waals surface area contributed by atoms with Crippen LogP contribution < -0.4 is 0 Å². The first kappa shape index (κ1) is 14.7. The lowest BCUT2D eigenvalue weighted by Crippen LogP contribution is -2.02. The summed E-state index contributed by atoms with van der Waals surface area (Å²) in [5, 5.41) is 14.6. The summed E-state index contributed by atoms with van der Waals surface area (Å²) in [7, 11) is 0. The zero-order valence-corrected chi connectivity index (χ0v) is 14.0. The Bertz CT molecular complexity index is 730. The molecule has 1 aromatic carbocycles. The number of rotatable bonds is 5. The second-order valence-electron chi connectivity index (χ2n) is 4.22. The average Bonchev–Trinajstić information content (AvgIpc) is 3.10. The molecule has 0 bridgehead atoms. The molecule has 0 atom stereocenters. The molecule has 0 fully saturated rings. The van der Waals surface area contributed by atoms with Crippen LogP contribution in [-0.4, -0.2) is 20.2 Å². The van der Waals surface area contributed by atoms with Gasteiger partial charge in [0.25, 0.3) is 0 Å². The lowest BCUT2D eigenvalue weighted by Gasteiger charge is -2.05. The zero-order chi connectivity index (χ0) is 14.7. The van der Waals surface area contributed by atoms with Gasteiger partial charge in [-0.15, -0.1) is 16.4 Å². The standard InChI is InChI=1S/C13H10BrFN4S2/c14-12-6-10(15)4-3-9(12)8-21-13-16-17-18-19(13)7-11-2-1-5-20-11/h1-6H,7-8H2. The van der Waals surface area contributed by atoms with Crippen LogP contribution in [0.1, 0.15) is 10.4 Å². The maximum Gasteiger partial charge on any atom is 0.209 e. The van der Waals surface area contributed by atoms with Gasteiger partial charge in [-0.05, 0) is 39.6 Å². The maximum absolute atomic E-state index is 13.1. The number of aromatic nitrogens is 4. The number of thioether (sulfide) groups is 1. The highest BCUT2D eigenvalue weighted by atomic mass is 79.9. The summed E-state index contributed by atoms with van der Waals surface area (Å²) in [5.74, 6) is 0.421. The summed E-state index contributed by atoms with van der Waals surface area (Å²) >= 11 is 6.57. The molecule has 0 aliphatic heterocycles. The van der Waals surface area contributed by atoms with Crippen molar-refractivity contribution in [2.75, 3.05) is 0 Å². The van der Waals surface area contributed by atoms with Crippen molar-refractivity contribution >= 4 is 39.0 Å². The number of halogens is 2. The Morgan fingerprint density at radius 2 is 2.24 bits per heavy atom. The Morgan fingerprint density at radius 3 is 3.00 bits per heavy atom. The lowest BCUT2D eigenvalue weighted by molar-refractivity contribution is 0.608. The van der Waals surface area contributed by atoms with Crippen LogP contribution >= 0.6 is 39.0 Å². The van der Waals surface area contributed by atoms with Gasteiger partial charge in [0.05, 0.1) is 6.54 Å². The number of tetrazole rings is 1. The summed E-state index contributed by atoms with van der Waals surface area (Å²) in [6.45, 7) is 0.664. The Kier molecular flexibility index (Phi) is 4.67. The molecular weight excluding hydrogens is 375 g/mol. The molecule has 2 aromatic heterocycles. The van der Waals surface area contributed by atoms with E-state index in [1.807, 2.05) is 11.4 Å². The first-order valence-electron chi connectivity index (χ1n) is 6.07. The predicted octanol–water partition coefficient (Wildman–Crippen LogP) is 3.98. The van der Waals surface area contributed by atoms with Gasteiger partial charge in [-0.2, -0.15) is 0 Å². The molecule has 2 heterocycles. The van der Waals surface area contributed by atoms with E-state index in [0.29, 0.717) is 12.3 Å². The third-order valence-electron chi connectivity index (χ3n) is 2.76. The summed E-state index contributed by atoms with van der Waals surface area (Å²) in [6.07, 6.45) is 0. The van der Waals surface area contributed by atoms with Gasteiger partial charge in [-0.25, -0.2) is 9.07 Å². The molecule has 0 aliphatic rings. The molecule has 108 valence electrons. The molecule has 0 N–H and O–H groups in total. The summed E-state index contributed by atoms with van der Waals surface area (Å²) < 4.78 is 15.6. The molecule has 0 amide bonds. The molecule has 21 heavy (non-hydrogen) atoms. The summed E-state index contributed by atoms with van der Waals surface area (Å²) in [5.41, 5.74) is 1.01. The molecule has 0 aliphatic carbocycles. The van der Waals surface area contributed by atoms with Crippen molar-refractivity contribution in [3.05, 3.63) is 56.4 Å². The highest BCUT2D eigenvalue weighted by Gasteiger charge is 2.10. The normalized spacial score (nSPS) is 11.0. The van der Waals surface area contributed by atoms with Crippen LogP contribution in [-0.2, 0) is 12.3 Å². The van der Waals surface area contributed by atoms with E-state index in [4.69, 9.17) is 0 Å². The van der Waals surface area contributed by atoms with Gasteiger partial charge in [0, 0.05) is 15.1 Å². The summed E-state index contributed by atoms with van der Waals surface area (Å²) in [6, 6.07) is 8.74. The smallest absolute Gasteiger partial charge is 0.209 e. The largest absolute Gasteiger partial charge is 0.215 e. The SMILES string of the molecule is Fc1ccc(CSc2nnnn2Cc2cccs2)c(Br)c1. The minimum atomic E-state index is -0.252. The number of hydrogen-bond acceptors (Lipinski definition) is 5. The van der Waals surface area contributed by atoms with Gasteiger partial charge < -0.3 is 0 Å². The highest BCUT2D eigenvalue weighted by Crippen LogP contribution is 2.26. The monoisotopic (exact) mass is 384 g/mol. The number of benzene rings is 1.